The lowest BCUT2D eigenvalue weighted by atomic mass is 10.1. The molecule has 0 heterocycles. The molecule has 0 fully saturated rings. The maximum atomic E-state index is 9.82. The Labute approximate surface area is 89.4 Å². The standard InChI is InChI=1S/C12H10.C2HF/c1-3-7-11(8-4-1)12-9-5-2-6-10-12;1-2-3/h1-10H;1H. The zero-order valence-corrected chi connectivity index (χ0v) is 8.23. The Morgan fingerprint density at radius 2 is 1.00 bits per heavy atom. The highest BCUT2D eigenvalue weighted by molar-refractivity contribution is 5.62. The molecule has 0 spiro atoms. The molecule has 1 heteroatoms. The van der Waals surface area contributed by atoms with Gasteiger partial charge in [-0.15, -0.1) is 4.39 Å². The maximum absolute atomic E-state index is 9.82. The topological polar surface area (TPSA) is 0 Å². The van der Waals surface area contributed by atoms with Crippen molar-refractivity contribution in [1.82, 2.24) is 0 Å². The first-order valence-corrected chi connectivity index (χ1v) is 4.55. The maximum Gasteiger partial charge on any atom is 0.102 e. The second-order valence-electron chi connectivity index (χ2n) is 2.84. The Kier molecular flexibility index (Phi) is 4.69. The summed E-state index contributed by atoms with van der Waals surface area (Å²) in [5, 5.41) is 0. The number of hydrogen-bond acceptors (Lipinski definition) is 0. The van der Waals surface area contributed by atoms with Gasteiger partial charge in [0.2, 0.25) is 0 Å². The molecule has 0 bridgehead atoms. The normalized spacial score (nSPS) is 8.27. The van der Waals surface area contributed by atoms with E-state index < -0.39 is 0 Å². The number of terminal acetylenes is 1. The van der Waals surface area contributed by atoms with Crippen LogP contribution in [0.25, 0.3) is 11.1 Å². The molecule has 0 amide bonds. The fourth-order valence-corrected chi connectivity index (χ4v) is 1.26. The van der Waals surface area contributed by atoms with E-state index >= 15 is 0 Å². The van der Waals surface area contributed by atoms with E-state index in [1.807, 2.05) is 12.1 Å². The van der Waals surface area contributed by atoms with Crippen molar-refractivity contribution in [3.8, 4) is 23.7 Å². The first kappa shape index (κ1) is 11.0. The van der Waals surface area contributed by atoms with Gasteiger partial charge < -0.3 is 0 Å². The molecule has 0 aromatic heterocycles. The molecule has 74 valence electrons. The van der Waals surface area contributed by atoms with Crippen LogP contribution in [0.5, 0.6) is 0 Å². The molecule has 0 aliphatic heterocycles. The van der Waals surface area contributed by atoms with Gasteiger partial charge in [-0.2, -0.15) is 0 Å². The molecule has 2 rings (SSSR count). The van der Waals surface area contributed by atoms with Crippen LogP contribution in [0, 0.1) is 12.6 Å². The molecule has 0 atom stereocenters. The molecule has 0 unspecified atom stereocenters. The van der Waals surface area contributed by atoms with Crippen LogP contribution in [0.1, 0.15) is 0 Å². The predicted octanol–water partition coefficient (Wildman–Crippen LogP) is 3.90. The van der Waals surface area contributed by atoms with Gasteiger partial charge in [0, 0.05) is 0 Å². The van der Waals surface area contributed by atoms with Crippen molar-refractivity contribution < 1.29 is 4.39 Å². The highest BCUT2D eigenvalue weighted by Crippen LogP contribution is 2.17. The minimum atomic E-state index is 0.750. The average Bonchev–Trinajstić information content (AvgIpc) is 2.32. The fraction of sp³-hybridized carbons (Fsp3) is 0. The third-order valence-corrected chi connectivity index (χ3v) is 1.88. The van der Waals surface area contributed by atoms with Gasteiger partial charge in [-0.05, 0) is 11.1 Å². The molecule has 2 aromatic carbocycles. The Hall–Kier alpha value is -2.07. The molecular weight excluding hydrogens is 187 g/mol. The van der Waals surface area contributed by atoms with E-state index in [4.69, 9.17) is 0 Å². The fourth-order valence-electron chi connectivity index (χ4n) is 1.26. The summed E-state index contributed by atoms with van der Waals surface area (Å²) < 4.78 is 9.82. The quantitative estimate of drug-likeness (QED) is 0.609. The van der Waals surface area contributed by atoms with E-state index in [-0.39, 0.29) is 0 Å². The molecule has 0 saturated heterocycles. The second kappa shape index (κ2) is 6.39. The van der Waals surface area contributed by atoms with Gasteiger partial charge in [0.25, 0.3) is 0 Å². The summed E-state index contributed by atoms with van der Waals surface area (Å²) in [5.74, 6) is 0. The van der Waals surface area contributed by atoms with Crippen LogP contribution >= 0.6 is 0 Å². The van der Waals surface area contributed by atoms with Crippen LogP contribution in [-0.4, -0.2) is 0 Å². The van der Waals surface area contributed by atoms with Gasteiger partial charge in [0.05, 0.1) is 0 Å². The van der Waals surface area contributed by atoms with Crippen LogP contribution in [0.2, 0.25) is 0 Å². The van der Waals surface area contributed by atoms with E-state index in [0.29, 0.717) is 0 Å². The number of benzene rings is 2. The number of rotatable bonds is 1. The third-order valence-electron chi connectivity index (χ3n) is 1.88. The summed E-state index contributed by atoms with van der Waals surface area (Å²) >= 11 is 0. The van der Waals surface area contributed by atoms with Gasteiger partial charge in [-0.1, -0.05) is 67.1 Å². The average molecular weight is 198 g/mol. The van der Waals surface area contributed by atoms with E-state index in [1.54, 1.807) is 0 Å². The van der Waals surface area contributed by atoms with Crippen molar-refractivity contribution in [3.63, 3.8) is 0 Å². The van der Waals surface area contributed by atoms with Gasteiger partial charge >= 0.3 is 0 Å². The van der Waals surface area contributed by atoms with Gasteiger partial charge in [0.1, 0.15) is 6.17 Å². The molecule has 2 aromatic rings. The van der Waals surface area contributed by atoms with Crippen LogP contribution < -0.4 is 0 Å². The zero-order valence-electron chi connectivity index (χ0n) is 8.23. The van der Waals surface area contributed by atoms with Crippen molar-refractivity contribution in [3.05, 3.63) is 60.7 Å². The van der Waals surface area contributed by atoms with Gasteiger partial charge in [-0.25, -0.2) is 0 Å². The summed E-state index contributed by atoms with van der Waals surface area (Å²) in [5.41, 5.74) is 2.55. The molecule has 0 aliphatic carbocycles. The first-order chi connectivity index (χ1) is 7.38. The van der Waals surface area contributed by atoms with Crippen molar-refractivity contribution in [1.29, 1.82) is 0 Å². The number of halogens is 1. The molecule has 0 radical (unpaired) electrons. The van der Waals surface area contributed by atoms with E-state index in [2.05, 4.69) is 55.0 Å². The third kappa shape index (κ3) is 3.66. The lowest BCUT2D eigenvalue weighted by Crippen LogP contribution is -1.73. The SMILES string of the molecule is C#CF.c1ccc(-c2ccccc2)cc1. The second-order valence-corrected chi connectivity index (χ2v) is 2.84. The summed E-state index contributed by atoms with van der Waals surface area (Å²) in [4.78, 5) is 0. The molecule has 0 saturated carbocycles. The van der Waals surface area contributed by atoms with Gasteiger partial charge in [-0.3, -0.25) is 0 Å². The molecule has 0 aliphatic rings. The zero-order chi connectivity index (χ0) is 10.9. The van der Waals surface area contributed by atoms with Gasteiger partial charge in [0.15, 0.2) is 0 Å². The van der Waals surface area contributed by atoms with Crippen LogP contribution in [0.15, 0.2) is 60.7 Å². The lowest BCUT2D eigenvalue weighted by molar-refractivity contribution is 0.775. The summed E-state index contributed by atoms with van der Waals surface area (Å²) in [6.45, 7) is 0. The summed E-state index contributed by atoms with van der Waals surface area (Å²) in [6, 6.07) is 20.8. The van der Waals surface area contributed by atoms with E-state index in [0.717, 1.165) is 6.17 Å². The monoisotopic (exact) mass is 198 g/mol. The summed E-state index contributed by atoms with van der Waals surface area (Å²) in [7, 11) is 0. The minimum absolute atomic E-state index is 0.750. The van der Waals surface area contributed by atoms with Crippen LogP contribution in [0.3, 0.4) is 0 Å². The predicted molar refractivity (Wildman–Crippen MR) is 61.8 cm³/mol. The Morgan fingerprint density at radius 1 is 0.733 bits per heavy atom. The highest BCUT2D eigenvalue weighted by Gasteiger charge is 1.91. The smallest absolute Gasteiger partial charge is 0.102 e. The Morgan fingerprint density at radius 3 is 1.27 bits per heavy atom. The van der Waals surface area contributed by atoms with Crippen molar-refractivity contribution in [2.24, 2.45) is 0 Å². The van der Waals surface area contributed by atoms with Crippen LogP contribution in [0.4, 0.5) is 4.39 Å². The lowest BCUT2D eigenvalue weighted by Gasteiger charge is -1.98. The van der Waals surface area contributed by atoms with Crippen molar-refractivity contribution in [2.45, 2.75) is 0 Å². The van der Waals surface area contributed by atoms with Crippen LogP contribution in [-0.2, 0) is 0 Å². The van der Waals surface area contributed by atoms with Crippen molar-refractivity contribution in [2.75, 3.05) is 0 Å². The molecule has 0 nitrogen and oxygen atoms in total. The molecule has 0 N–H and O–H groups in total. The summed E-state index contributed by atoms with van der Waals surface area (Å²) in [6.07, 6.45) is 4.68. The first-order valence-electron chi connectivity index (χ1n) is 4.55. The van der Waals surface area contributed by atoms with E-state index in [1.165, 1.54) is 11.1 Å². The van der Waals surface area contributed by atoms with Crippen molar-refractivity contribution >= 4 is 0 Å². The molecular formula is C14H11F. The Balaban J connectivity index is 0.000000337. The Bertz CT molecular complexity index is 375. The minimum Gasteiger partial charge on any atom is -0.144 e. The molecule has 15 heavy (non-hydrogen) atoms. The largest absolute Gasteiger partial charge is 0.144 e. The highest BCUT2D eigenvalue weighted by atomic mass is 19.1. The number of hydrogen-bond donors (Lipinski definition) is 0. The van der Waals surface area contributed by atoms with E-state index in [9.17, 15) is 4.39 Å².